The van der Waals surface area contributed by atoms with E-state index >= 15 is 0 Å². The van der Waals surface area contributed by atoms with Crippen molar-refractivity contribution in [2.24, 2.45) is 0 Å². The zero-order valence-corrected chi connectivity index (χ0v) is 8.37. The summed E-state index contributed by atoms with van der Waals surface area (Å²) in [7, 11) is 0. The Morgan fingerprint density at radius 2 is 2.12 bits per heavy atom. The van der Waals surface area contributed by atoms with Crippen LogP contribution in [0.2, 0.25) is 0 Å². The second-order valence-corrected chi connectivity index (χ2v) is 4.12. The third kappa shape index (κ3) is 1.16. The molecule has 2 aliphatic rings. The van der Waals surface area contributed by atoms with E-state index in [-0.39, 0.29) is 11.3 Å². The second kappa shape index (κ2) is 2.84. The highest BCUT2D eigenvalue weighted by Gasteiger charge is 2.57. The van der Waals surface area contributed by atoms with Crippen molar-refractivity contribution in [2.45, 2.75) is 18.4 Å². The van der Waals surface area contributed by atoms with Gasteiger partial charge in [-0.1, -0.05) is 12.1 Å². The first-order valence-corrected chi connectivity index (χ1v) is 5.05. The maximum Gasteiger partial charge on any atom is 0.343 e. The van der Waals surface area contributed by atoms with Gasteiger partial charge in [0.1, 0.15) is 11.4 Å². The molecule has 3 nitrogen and oxygen atoms in total. The van der Waals surface area contributed by atoms with Crippen LogP contribution in [0.3, 0.4) is 0 Å². The van der Waals surface area contributed by atoms with Crippen molar-refractivity contribution in [1.29, 1.82) is 0 Å². The Morgan fingerprint density at radius 1 is 1.38 bits per heavy atom. The number of esters is 1. The van der Waals surface area contributed by atoms with E-state index in [1.807, 2.05) is 0 Å². The molecule has 1 N–H and O–H groups in total. The van der Waals surface area contributed by atoms with Gasteiger partial charge in [0.15, 0.2) is 11.4 Å². The van der Waals surface area contributed by atoms with Gasteiger partial charge in [-0.2, -0.15) is 0 Å². The lowest BCUT2D eigenvalue weighted by molar-refractivity contribution is -0.140. The predicted molar refractivity (Wildman–Crippen MR) is 54.0 cm³/mol. The van der Waals surface area contributed by atoms with Crippen molar-refractivity contribution in [3.05, 3.63) is 41.4 Å². The lowest BCUT2D eigenvalue weighted by atomic mass is 10.0. The molecule has 0 aromatic heterocycles. The summed E-state index contributed by atoms with van der Waals surface area (Å²) >= 11 is 0. The molecule has 0 unspecified atom stereocenters. The molecule has 4 heteroatoms. The maximum atomic E-state index is 13.0. The van der Waals surface area contributed by atoms with Crippen molar-refractivity contribution >= 4 is 11.5 Å². The molecule has 0 radical (unpaired) electrons. The fourth-order valence-corrected chi connectivity index (χ4v) is 1.95. The zero-order valence-electron chi connectivity index (χ0n) is 8.37. The van der Waals surface area contributed by atoms with Gasteiger partial charge >= 0.3 is 5.97 Å². The first-order chi connectivity index (χ1) is 7.62. The van der Waals surface area contributed by atoms with Gasteiger partial charge < -0.3 is 9.84 Å². The molecular formula is C12H9FO3. The molecule has 1 heterocycles. The summed E-state index contributed by atoms with van der Waals surface area (Å²) in [6.07, 6.45) is 1.28. The highest BCUT2D eigenvalue weighted by atomic mass is 19.1. The number of carbonyl (C=O) groups is 1. The lowest BCUT2D eigenvalue weighted by Gasteiger charge is -2.04. The molecule has 1 aliphatic carbocycles. The Kier molecular flexibility index (Phi) is 1.67. The number of carbonyl (C=O) groups excluding carboxylic acids is 1. The summed E-state index contributed by atoms with van der Waals surface area (Å²) in [6, 6.07) is 5.58. The topological polar surface area (TPSA) is 46.5 Å². The molecule has 0 saturated heterocycles. The molecule has 1 aromatic carbocycles. The fraction of sp³-hybridized carbons (Fsp3) is 0.250. The molecule has 1 spiro atoms. The van der Waals surface area contributed by atoms with Crippen molar-refractivity contribution < 1.29 is 19.0 Å². The van der Waals surface area contributed by atoms with Crippen LogP contribution in [-0.2, 0) is 9.53 Å². The molecule has 1 fully saturated rings. The average molecular weight is 220 g/mol. The Hall–Kier alpha value is -1.84. The van der Waals surface area contributed by atoms with Crippen LogP contribution in [0.25, 0.3) is 5.57 Å². The Bertz CT molecular complexity index is 515. The Morgan fingerprint density at radius 3 is 2.69 bits per heavy atom. The minimum Gasteiger partial charge on any atom is -0.507 e. The van der Waals surface area contributed by atoms with Crippen molar-refractivity contribution in [1.82, 2.24) is 0 Å². The number of ether oxygens (including phenoxy) is 1. The number of aliphatic hydroxyl groups is 1. The standard InChI is InChI=1S/C12H9FO3/c13-8-3-1-2-7(6-8)9-10(14)12(4-5-12)16-11(9)15/h1-3,6,14H,4-5H2. The van der Waals surface area contributed by atoms with Gasteiger partial charge in [-0.3, -0.25) is 0 Å². The van der Waals surface area contributed by atoms with Crippen LogP contribution in [0.15, 0.2) is 30.0 Å². The van der Waals surface area contributed by atoms with Crippen LogP contribution in [0.1, 0.15) is 18.4 Å². The third-order valence-electron chi connectivity index (χ3n) is 2.98. The summed E-state index contributed by atoms with van der Waals surface area (Å²) in [4.78, 5) is 11.6. The molecule has 1 aromatic rings. The monoisotopic (exact) mass is 220 g/mol. The second-order valence-electron chi connectivity index (χ2n) is 4.12. The minimum absolute atomic E-state index is 0.0527. The van der Waals surface area contributed by atoms with Crippen LogP contribution in [-0.4, -0.2) is 16.7 Å². The molecular weight excluding hydrogens is 211 g/mol. The molecule has 1 saturated carbocycles. The molecule has 16 heavy (non-hydrogen) atoms. The van der Waals surface area contributed by atoms with Gasteiger partial charge in [0.25, 0.3) is 0 Å². The first-order valence-electron chi connectivity index (χ1n) is 5.05. The molecule has 0 atom stereocenters. The third-order valence-corrected chi connectivity index (χ3v) is 2.98. The minimum atomic E-state index is -0.793. The van der Waals surface area contributed by atoms with E-state index in [9.17, 15) is 14.3 Å². The van der Waals surface area contributed by atoms with Gasteiger partial charge in [0, 0.05) is 0 Å². The van der Waals surface area contributed by atoms with E-state index in [1.165, 1.54) is 18.2 Å². The SMILES string of the molecule is O=C1OC2(CC2)C(O)=C1c1cccc(F)c1. The zero-order chi connectivity index (χ0) is 11.3. The average Bonchev–Trinajstić information content (AvgIpc) is 2.94. The van der Waals surface area contributed by atoms with Crippen LogP contribution in [0.5, 0.6) is 0 Å². The van der Waals surface area contributed by atoms with Crippen molar-refractivity contribution in [3.8, 4) is 0 Å². The fourth-order valence-electron chi connectivity index (χ4n) is 1.95. The number of benzene rings is 1. The van der Waals surface area contributed by atoms with Gasteiger partial charge in [-0.25, -0.2) is 9.18 Å². The molecule has 0 bridgehead atoms. The van der Waals surface area contributed by atoms with E-state index in [1.54, 1.807) is 6.07 Å². The molecule has 82 valence electrons. The molecule has 3 rings (SSSR count). The van der Waals surface area contributed by atoms with Crippen LogP contribution in [0.4, 0.5) is 4.39 Å². The smallest absolute Gasteiger partial charge is 0.343 e. The number of hydrogen-bond donors (Lipinski definition) is 1. The predicted octanol–water partition coefficient (Wildman–Crippen LogP) is 2.18. The van der Waals surface area contributed by atoms with Gasteiger partial charge in [-0.15, -0.1) is 0 Å². The lowest BCUT2D eigenvalue weighted by Crippen LogP contribution is -2.11. The number of hydrogen-bond acceptors (Lipinski definition) is 3. The maximum absolute atomic E-state index is 13.0. The van der Waals surface area contributed by atoms with E-state index in [4.69, 9.17) is 4.74 Å². The normalized spacial score (nSPS) is 21.4. The summed E-state index contributed by atoms with van der Waals surface area (Å²) in [6.45, 7) is 0. The Labute approximate surface area is 91.2 Å². The highest BCUT2D eigenvalue weighted by molar-refractivity contribution is 6.19. The summed E-state index contributed by atoms with van der Waals surface area (Å²) < 4.78 is 18.1. The van der Waals surface area contributed by atoms with Gasteiger partial charge in [-0.05, 0) is 30.5 Å². The Balaban J connectivity index is 2.13. The van der Waals surface area contributed by atoms with E-state index in [0.717, 1.165) is 0 Å². The first kappa shape index (κ1) is 9.39. The highest BCUT2D eigenvalue weighted by Crippen LogP contribution is 2.52. The van der Waals surface area contributed by atoms with E-state index in [0.29, 0.717) is 18.4 Å². The quantitative estimate of drug-likeness (QED) is 0.738. The number of rotatable bonds is 1. The van der Waals surface area contributed by atoms with Crippen LogP contribution in [0, 0.1) is 5.82 Å². The van der Waals surface area contributed by atoms with Crippen molar-refractivity contribution in [3.63, 3.8) is 0 Å². The number of halogens is 1. The van der Waals surface area contributed by atoms with Crippen LogP contribution < -0.4 is 0 Å². The van der Waals surface area contributed by atoms with Gasteiger partial charge in [0.2, 0.25) is 0 Å². The largest absolute Gasteiger partial charge is 0.507 e. The summed E-state index contributed by atoms with van der Waals surface area (Å²) in [5.74, 6) is -1.06. The van der Waals surface area contributed by atoms with E-state index < -0.39 is 17.4 Å². The molecule has 0 amide bonds. The van der Waals surface area contributed by atoms with Gasteiger partial charge in [0.05, 0.1) is 0 Å². The molecule has 1 aliphatic heterocycles. The number of aliphatic hydroxyl groups excluding tert-OH is 1. The summed E-state index contributed by atoms with van der Waals surface area (Å²) in [5.41, 5.74) is -0.332. The van der Waals surface area contributed by atoms with E-state index in [2.05, 4.69) is 0 Å². The summed E-state index contributed by atoms with van der Waals surface area (Å²) in [5, 5.41) is 9.91. The van der Waals surface area contributed by atoms with Crippen molar-refractivity contribution in [2.75, 3.05) is 0 Å². The van der Waals surface area contributed by atoms with Crippen LogP contribution >= 0.6 is 0 Å².